The highest BCUT2D eigenvalue weighted by Gasteiger charge is 2.11. The van der Waals surface area contributed by atoms with Gasteiger partial charge in [-0.25, -0.2) is 0 Å². The Balaban J connectivity index is 2.18. The van der Waals surface area contributed by atoms with Crippen LogP contribution in [0.2, 0.25) is 0 Å². The van der Waals surface area contributed by atoms with E-state index in [9.17, 15) is 4.79 Å². The third-order valence-electron chi connectivity index (χ3n) is 2.33. The Kier molecular flexibility index (Phi) is 3.73. The number of aromatic nitrogens is 2. The molecule has 0 bridgehead atoms. The largest absolute Gasteiger partial charge is 0.320 e. The maximum atomic E-state index is 11.9. The molecule has 0 atom stereocenters. The van der Waals surface area contributed by atoms with Gasteiger partial charge in [0.2, 0.25) is 0 Å². The van der Waals surface area contributed by atoms with Crippen LogP contribution in [0.15, 0.2) is 29.2 Å². The lowest BCUT2D eigenvalue weighted by molar-refractivity contribution is 0.786. The first kappa shape index (κ1) is 13.1. The average Bonchev–Trinajstić information content (AvgIpc) is 2.28. The van der Waals surface area contributed by atoms with Gasteiger partial charge in [0.25, 0.3) is 5.56 Å². The molecule has 2 aromatic heterocycles. The summed E-state index contributed by atoms with van der Waals surface area (Å²) in [6.45, 7) is 6.90. The fourth-order valence-electron chi connectivity index (χ4n) is 1.53. The third-order valence-corrected chi connectivity index (χ3v) is 3.23. The van der Waals surface area contributed by atoms with Gasteiger partial charge in [-0.15, -0.1) is 0 Å². The second kappa shape index (κ2) is 5.12. The van der Waals surface area contributed by atoms with Gasteiger partial charge in [0.05, 0.1) is 11.0 Å². The minimum Gasteiger partial charge on any atom is -0.320 e. The number of hydrogen-bond acceptors (Lipinski definition) is 4. The number of hydrogen-bond donors (Lipinski definition) is 2. The van der Waals surface area contributed by atoms with Crippen molar-refractivity contribution in [3.63, 3.8) is 0 Å². The lowest BCUT2D eigenvalue weighted by Crippen LogP contribution is -2.21. The van der Waals surface area contributed by atoms with Gasteiger partial charge >= 0.3 is 0 Å². The molecule has 0 radical (unpaired) electrons. The second-order valence-electron chi connectivity index (χ2n) is 5.10. The van der Waals surface area contributed by atoms with Crippen LogP contribution in [0.25, 0.3) is 11.0 Å². The molecule has 0 aliphatic rings. The molecule has 0 amide bonds. The van der Waals surface area contributed by atoms with E-state index < -0.39 is 0 Å². The van der Waals surface area contributed by atoms with E-state index in [4.69, 9.17) is 0 Å². The van der Waals surface area contributed by atoms with Crippen LogP contribution >= 0.6 is 11.9 Å². The summed E-state index contributed by atoms with van der Waals surface area (Å²) < 4.78 is 3.34. The highest BCUT2D eigenvalue weighted by atomic mass is 32.2. The van der Waals surface area contributed by atoms with Crippen molar-refractivity contribution in [1.82, 2.24) is 14.7 Å². The first-order valence-electron chi connectivity index (χ1n) is 5.83. The molecule has 0 aromatic carbocycles. The Morgan fingerprint density at radius 1 is 1.44 bits per heavy atom. The number of H-pyrrole nitrogens is 1. The van der Waals surface area contributed by atoms with Gasteiger partial charge < -0.3 is 4.98 Å². The minimum atomic E-state index is -0.0579. The molecule has 2 rings (SSSR count). The van der Waals surface area contributed by atoms with Crippen LogP contribution in [-0.2, 0) is 6.54 Å². The maximum Gasteiger partial charge on any atom is 0.253 e. The summed E-state index contributed by atoms with van der Waals surface area (Å²) in [6.07, 6.45) is 1.72. The Morgan fingerprint density at radius 3 is 2.94 bits per heavy atom. The van der Waals surface area contributed by atoms with Crippen LogP contribution in [-0.4, -0.2) is 14.7 Å². The molecular formula is C13H17N3OS. The van der Waals surface area contributed by atoms with E-state index in [0.717, 1.165) is 11.0 Å². The molecule has 0 saturated heterocycles. The first-order chi connectivity index (χ1) is 8.46. The fourth-order valence-corrected chi connectivity index (χ4v) is 2.19. The summed E-state index contributed by atoms with van der Waals surface area (Å²) in [4.78, 5) is 18.9. The van der Waals surface area contributed by atoms with Crippen LogP contribution in [0.4, 0.5) is 0 Å². The molecular weight excluding hydrogens is 246 g/mol. The molecule has 0 spiro atoms. The molecule has 96 valence electrons. The molecule has 0 saturated carbocycles. The number of fused-ring (bicyclic) bond motifs is 1. The molecule has 5 heteroatoms. The summed E-state index contributed by atoms with van der Waals surface area (Å²) in [7, 11) is 0. The van der Waals surface area contributed by atoms with Crippen molar-refractivity contribution in [2.75, 3.05) is 0 Å². The monoisotopic (exact) mass is 263 g/mol. The number of aromatic amines is 1. The van der Waals surface area contributed by atoms with Crippen LogP contribution in [0.3, 0.4) is 0 Å². The van der Waals surface area contributed by atoms with E-state index >= 15 is 0 Å². The molecule has 0 aliphatic heterocycles. The Bertz CT molecular complexity index is 601. The molecule has 2 aromatic rings. The first-order valence-corrected chi connectivity index (χ1v) is 6.65. The summed E-state index contributed by atoms with van der Waals surface area (Å²) >= 11 is 1.62. The molecule has 0 fully saturated rings. The van der Waals surface area contributed by atoms with Crippen molar-refractivity contribution in [2.45, 2.75) is 32.1 Å². The highest BCUT2D eigenvalue weighted by Crippen LogP contribution is 2.19. The van der Waals surface area contributed by atoms with Gasteiger partial charge in [0.1, 0.15) is 0 Å². The van der Waals surface area contributed by atoms with E-state index in [1.54, 1.807) is 18.1 Å². The normalized spacial score (nSPS) is 11.9. The quantitative estimate of drug-likeness (QED) is 0.835. The van der Waals surface area contributed by atoms with E-state index in [0.29, 0.717) is 12.1 Å². The van der Waals surface area contributed by atoms with Gasteiger partial charge in [-0.1, -0.05) is 11.9 Å². The minimum absolute atomic E-state index is 0.0579. The van der Waals surface area contributed by atoms with Crippen molar-refractivity contribution in [3.8, 4) is 0 Å². The highest BCUT2D eigenvalue weighted by molar-refractivity contribution is 7.98. The zero-order valence-corrected chi connectivity index (χ0v) is 11.6. The molecule has 18 heavy (non-hydrogen) atoms. The Labute approximate surface area is 110 Å². The van der Waals surface area contributed by atoms with Crippen molar-refractivity contribution in [1.29, 1.82) is 0 Å². The van der Waals surface area contributed by atoms with Crippen LogP contribution < -0.4 is 10.3 Å². The van der Waals surface area contributed by atoms with Crippen molar-refractivity contribution < 1.29 is 0 Å². The van der Waals surface area contributed by atoms with Gasteiger partial charge in [0, 0.05) is 23.1 Å². The summed E-state index contributed by atoms with van der Waals surface area (Å²) in [5.41, 5.74) is 2.24. The number of nitrogens with zero attached hydrogens (tertiary/aromatic N) is 1. The zero-order valence-electron chi connectivity index (χ0n) is 10.8. The van der Waals surface area contributed by atoms with Gasteiger partial charge in [-0.2, -0.15) is 0 Å². The number of nitrogens with one attached hydrogen (secondary N) is 2. The topological polar surface area (TPSA) is 57.8 Å². The summed E-state index contributed by atoms with van der Waals surface area (Å²) in [5, 5.41) is 0. The third kappa shape index (κ3) is 3.34. The lowest BCUT2D eigenvalue weighted by atomic mass is 10.2. The molecule has 4 nitrogen and oxygen atoms in total. The van der Waals surface area contributed by atoms with Crippen LogP contribution in [0.5, 0.6) is 0 Å². The van der Waals surface area contributed by atoms with E-state index in [1.165, 1.54) is 0 Å². The van der Waals surface area contributed by atoms with Crippen molar-refractivity contribution in [3.05, 3.63) is 40.3 Å². The predicted molar refractivity (Wildman–Crippen MR) is 76.5 cm³/mol. The fraction of sp³-hybridized carbons (Fsp3) is 0.385. The van der Waals surface area contributed by atoms with Crippen LogP contribution in [0.1, 0.15) is 26.3 Å². The maximum absolute atomic E-state index is 11.9. The van der Waals surface area contributed by atoms with Gasteiger partial charge in [-0.05, 0) is 39.0 Å². The number of rotatable bonds is 3. The lowest BCUT2D eigenvalue weighted by Gasteiger charge is -2.17. The number of pyridine rings is 2. The summed E-state index contributed by atoms with van der Waals surface area (Å²) in [5.74, 6) is 0. The van der Waals surface area contributed by atoms with Crippen molar-refractivity contribution >= 4 is 23.0 Å². The molecule has 0 aliphatic carbocycles. The second-order valence-corrected chi connectivity index (χ2v) is 6.81. The van der Waals surface area contributed by atoms with E-state index in [2.05, 4.69) is 35.5 Å². The molecule has 2 N–H and O–H groups in total. The zero-order chi connectivity index (χ0) is 13.2. The molecule has 0 unspecified atom stereocenters. The van der Waals surface area contributed by atoms with Crippen molar-refractivity contribution in [2.24, 2.45) is 0 Å². The average molecular weight is 263 g/mol. The standard InChI is InChI=1S/C13H17N3OS/c1-13(2,3)18-15-8-9-7-11-10(16-12(9)17)5-4-6-14-11/h4-7,15H,8H2,1-3H3,(H,16,17). The van der Waals surface area contributed by atoms with Crippen LogP contribution in [0, 0.1) is 0 Å². The predicted octanol–water partition coefficient (Wildman–Crippen LogP) is 2.46. The summed E-state index contributed by atoms with van der Waals surface area (Å²) in [6, 6.07) is 5.50. The smallest absolute Gasteiger partial charge is 0.253 e. The molecule has 2 heterocycles. The van der Waals surface area contributed by atoms with E-state index in [1.807, 2.05) is 18.2 Å². The van der Waals surface area contributed by atoms with Gasteiger partial charge in [0.15, 0.2) is 0 Å². The Morgan fingerprint density at radius 2 is 2.22 bits per heavy atom. The van der Waals surface area contributed by atoms with E-state index in [-0.39, 0.29) is 10.3 Å². The Hall–Kier alpha value is -1.33. The SMILES string of the molecule is CC(C)(C)SNCc1cc2ncccc2[nH]c1=O. The van der Waals surface area contributed by atoms with Gasteiger partial charge in [-0.3, -0.25) is 14.5 Å².